The minimum absolute atomic E-state index is 0.00919. The second kappa shape index (κ2) is 11.3. The maximum Gasteiger partial charge on any atom is 0.326 e. The molecule has 0 bridgehead atoms. The molecule has 0 radical (unpaired) electrons. The first-order chi connectivity index (χ1) is 17.0. The van der Waals surface area contributed by atoms with Crippen molar-refractivity contribution in [3.8, 4) is 0 Å². The minimum Gasteiger partial charge on any atom is -0.480 e. The van der Waals surface area contributed by atoms with E-state index < -0.39 is 29.3 Å². The molecule has 0 fully saturated rings. The van der Waals surface area contributed by atoms with Crippen LogP contribution < -0.4 is 16.4 Å². The van der Waals surface area contributed by atoms with Crippen LogP contribution in [0, 0.1) is 11.3 Å². The number of hydrogen-bond donors (Lipinski definition) is 4. The van der Waals surface area contributed by atoms with Crippen molar-refractivity contribution in [2.24, 2.45) is 27.1 Å². The number of carbonyl (C=O) groups excluding carboxylic acids is 3. The summed E-state index contributed by atoms with van der Waals surface area (Å²) in [6.07, 6.45) is 4.55. The smallest absolute Gasteiger partial charge is 0.326 e. The van der Waals surface area contributed by atoms with E-state index in [2.05, 4.69) is 20.6 Å². The number of aliphatic carboxylic acids is 1. The second-order valence-electron chi connectivity index (χ2n) is 9.77. The van der Waals surface area contributed by atoms with Gasteiger partial charge in [0.1, 0.15) is 23.6 Å². The molecule has 192 valence electrons. The Kier molecular flexibility index (Phi) is 8.39. The topological polar surface area (TPSA) is 163 Å². The average Bonchev–Trinajstić information content (AvgIpc) is 3.23. The van der Waals surface area contributed by atoms with Crippen molar-refractivity contribution >= 4 is 35.4 Å². The van der Waals surface area contributed by atoms with Crippen LogP contribution in [-0.2, 0) is 20.8 Å². The van der Waals surface area contributed by atoms with Crippen LogP contribution in [0.15, 0.2) is 46.0 Å². The Morgan fingerprint density at radius 1 is 1.19 bits per heavy atom. The molecule has 36 heavy (non-hydrogen) atoms. The molecule has 0 aromatic heterocycles. The lowest BCUT2D eigenvalue weighted by molar-refractivity contribution is -0.139. The third kappa shape index (κ3) is 6.44. The number of benzene rings is 1. The van der Waals surface area contributed by atoms with Crippen LogP contribution in [0.4, 0.5) is 0 Å². The molecule has 0 spiro atoms. The second-order valence-corrected chi connectivity index (χ2v) is 9.77. The zero-order valence-corrected chi connectivity index (χ0v) is 20.8. The molecule has 1 aromatic rings. The summed E-state index contributed by atoms with van der Waals surface area (Å²) in [6.45, 7) is 5.72. The fraction of sp³-hybridized carbons (Fsp3) is 0.462. The van der Waals surface area contributed by atoms with Gasteiger partial charge in [0.2, 0.25) is 11.9 Å². The molecule has 2 aliphatic heterocycles. The van der Waals surface area contributed by atoms with Gasteiger partial charge in [-0.15, -0.1) is 0 Å². The van der Waals surface area contributed by atoms with Gasteiger partial charge < -0.3 is 16.2 Å². The Hall–Kier alpha value is -3.82. The van der Waals surface area contributed by atoms with E-state index in [1.165, 1.54) is 0 Å². The normalized spacial score (nSPS) is 17.8. The summed E-state index contributed by atoms with van der Waals surface area (Å²) in [6, 6.07) is 5.68. The first-order valence-electron chi connectivity index (χ1n) is 12.1. The molecule has 2 atom stereocenters. The zero-order chi connectivity index (χ0) is 26.5. The van der Waals surface area contributed by atoms with Crippen LogP contribution in [0.25, 0.3) is 0 Å². The van der Waals surface area contributed by atoms with E-state index in [0.717, 1.165) is 24.0 Å². The third-order valence-corrected chi connectivity index (χ3v) is 6.55. The number of hydrogen-bond acceptors (Lipinski definition) is 7. The van der Waals surface area contributed by atoms with E-state index >= 15 is 0 Å². The fourth-order valence-corrected chi connectivity index (χ4v) is 4.39. The molecule has 10 nitrogen and oxygen atoms in total. The van der Waals surface area contributed by atoms with Gasteiger partial charge in [-0.3, -0.25) is 19.7 Å². The van der Waals surface area contributed by atoms with E-state index in [4.69, 9.17) is 5.73 Å². The van der Waals surface area contributed by atoms with E-state index in [9.17, 15) is 24.3 Å². The number of amidine groups is 1. The van der Waals surface area contributed by atoms with Crippen LogP contribution in [0.1, 0.15) is 68.8 Å². The fourth-order valence-electron chi connectivity index (χ4n) is 4.39. The predicted octanol–water partition coefficient (Wildman–Crippen LogP) is 2.33. The first kappa shape index (κ1) is 26.8. The van der Waals surface area contributed by atoms with Gasteiger partial charge in [0.25, 0.3) is 5.91 Å². The lowest BCUT2D eigenvalue weighted by atomic mass is 9.81. The Morgan fingerprint density at radius 2 is 1.89 bits per heavy atom. The lowest BCUT2D eigenvalue weighted by Crippen LogP contribution is -2.47. The monoisotopic (exact) mass is 495 g/mol. The Morgan fingerprint density at radius 3 is 2.53 bits per heavy atom. The Bertz CT molecular complexity index is 1130. The first-order valence-corrected chi connectivity index (χ1v) is 12.1. The van der Waals surface area contributed by atoms with Crippen LogP contribution in [0.5, 0.6) is 0 Å². The lowest BCUT2D eigenvalue weighted by Gasteiger charge is -2.23. The van der Waals surface area contributed by atoms with Crippen LogP contribution in [0.3, 0.4) is 0 Å². The summed E-state index contributed by atoms with van der Waals surface area (Å²) in [4.78, 5) is 57.3. The SMILES string of the molecule is CCCC(C)(C)C(=O)CC[C@H](NC(=O)c1ccc(CCC2=CN=C3N=C(N)NC(=O)C23)cc1)C(=O)O. The average molecular weight is 496 g/mol. The van der Waals surface area contributed by atoms with Crippen LogP contribution in [0.2, 0.25) is 0 Å². The quantitative estimate of drug-likeness (QED) is 0.348. The number of carboxylic acid groups (broad SMARTS) is 1. The summed E-state index contributed by atoms with van der Waals surface area (Å²) >= 11 is 0. The van der Waals surface area contributed by atoms with Gasteiger partial charge >= 0.3 is 5.97 Å². The van der Waals surface area contributed by atoms with Gasteiger partial charge in [-0.2, -0.15) is 4.99 Å². The Balaban J connectivity index is 1.53. The molecule has 3 rings (SSSR count). The van der Waals surface area contributed by atoms with Crippen molar-refractivity contribution in [2.75, 3.05) is 0 Å². The summed E-state index contributed by atoms with van der Waals surface area (Å²) in [5, 5.41) is 14.6. The standard InChI is InChI=1S/C26H33N5O5/c1-4-13-26(2,3)19(32)12-11-18(24(35)36)29-22(33)16-8-5-15(6-9-16)7-10-17-14-28-21-20(17)23(34)31-25(27)30-21/h5-6,8-9,14,18,20H,4,7,10-13H2,1-3H3,(H,29,33)(H,35,36)(H3,27,28,30,31,34)/t18-,20?/m0/s1. The van der Waals surface area contributed by atoms with Gasteiger partial charge in [-0.05, 0) is 49.0 Å². The summed E-state index contributed by atoms with van der Waals surface area (Å²) in [5.41, 5.74) is 7.16. The van der Waals surface area contributed by atoms with Gasteiger partial charge in [0.15, 0.2) is 0 Å². The predicted molar refractivity (Wildman–Crippen MR) is 135 cm³/mol. The Labute approximate surface area is 210 Å². The number of amides is 2. The number of carbonyl (C=O) groups is 4. The molecule has 0 saturated carbocycles. The largest absolute Gasteiger partial charge is 0.480 e. The number of rotatable bonds is 12. The number of nitrogens with one attached hydrogen (secondary N) is 2. The molecule has 0 aliphatic carbocycles. The number of aliphatic imine (C=N–C) groups is 2. The maximum absolute atomic E-state index is 12.7. The molecule has 1 unspecified atom stereocenters. The van der Waals surface area contributed by atoms with Gasteiger partial charge in [0, 0.05) is 23.6 Å². The maximum atomic E-state index is 12.7. The molecule has 10 heteroatoms. The van der Waals surface area contributed by atoms with Crippen molar-refractivity contribution in [1.82, 2.24) is 10.6 Å². The van der Waals surface area contributed by atoms with Gasteiger partial charge in [-0.25, -0.2) is 9.79 Å². The summed E-state index contributed by atoms with van der Waals surface area (Å²) in [7, 11) is 0. The van der Waals surface area contributed by atoms with Crippen LogP contribution in [-0.4, -0.2) is 46.5 Å². The molecule has 1 aromatic carbocycles. The zero-order valence-electron chi connectivity index (χ0n) is 20.8. The summed E-state index contributed by atoms with van der Waals surface area (Å²) < 4.78 is 0. The highest BCUT2D eigenvalue weighted by Crippen LogP contribution is 2.28. The van der Waals surface area contributed by atoms with E-state index in [1.54, 1.807) is 30.5 Å². The van der Waals surface area contributed by atoms with E-state index in [1.807, 2.05) is 20.8 Å². The molecule has 2 amide bonds. The molecule has 5 N–H and O–H groups in total. The number of carboxylic acids is 1. The van der Waals surface area contributed by atoms with E-state index in [0.29, 0.717) is 24.2 Å². The van der Waals surface area contributed by atoms with Gasteiger partial charge in [-0.1, -0.05) is 39.3 Å². The van der Waals surface area contributed by atoms with Crippen molar-refractivity contribution in [2.45, 2.75) is 65.3 Å². The van der Waals surface area contributed by atoms with Crippen LogP contribution >= 0.6 is 0 Å². The van der Waals surface area contributed by atoms with Crippen molar-refractivity contribution in [1.29, 1.82) is 0 Å². The molecular formula is C26H33N5O5. The summed E-state index contributed by atoms with van der Waals surface area (Å²) in [5.74, 6) is -2.05. The highest BCUT2D eigenvalue weighted by Gasteiger charge is 2.35. The van der Waals surface area contributed by atoms with Crippen molar-refractivity contribution < 1.29 is 24.3 Å². The highest BCUT2D eigenvalue weighted by molar-refractivity contribution is 6.19. The number of nitrogens with zero attached hydrogens (tertiary/aromatic N) is 2. The van der Waals surface area contributed by atoms with Gasteiger partial charge in [0.05, 0.1) is 0 Å². The minimum atomic E-state index is -1.18. The molecular weight excluding hydrogens is 462 g/mol. The number of ketones is 1. The molecule has 2 heterocycles. The van der Waals surface area contributed by atoms with Crippen molar-refractivity contribution in [3.63, 3.8) is 0 Å². The number of nitrogens with two attached hydrogens (primary N) is 1. The highest BCUT2D eigenvalue weighted by atomic mass is 16.4. The number of aryl methyl sites for hydroxylation is 1. The third-order valence-electron chi connectivity index (χ3n) is 6.55. The number of Topliss-reactive ketones (excluding diaryl/α,β-unsaturated/α-hetero) is 1. The van der Waals surface area contributed by atoms with E-state index in [-0.39, 0.29) is 30.5 Å². The number of guanidine groups is 1. The number of fused-ring (bicyclic) bond motifs is 1. The van der Waals surface area contributed by atoms with Crippen molar-refractivity contribution in [3.05, 3.63) is 47.2 Å². The molecule has 2 aliphatic rings. The molecule has 0 saturated heterocycles.